The molecule has 15 heavy (non-hydrogen) atoms. The van der Waals surface area contributed by atoms with Crippen molar-refractivity contribution in [2.45, 2.75) is 0 Å². The average Bonchev–Trinajstić information content (AvgIpc) is 2.15. The SMILES string of the molecule is O=C(NCS(=O)(=O)O)Nc1ccccc1. The van der Waals surface area contributed by atoms with Crippen LogP contribution in [0.15, 0.2) is 30.3 Å². The molecule has 0 heterocycles. The van der Waals surface area contributed by atoms with Crippen LogP contribution in [0.3, 0.4) is 0 Å². The first-order chi connectivity index (χ1) is 6.97. The summed E-state index contributed by atoms with van der Waals surface area (Å²) in [6, 6.07) is 7.82. The second-order valence-corrected chi connectivity index (χ2v) is 4.18. The van der Waals surface area contributed by atoms with Crippen molar-refractivity contribution in [1.82, 2.24) is 5.32 Å². The third kappa shape index (κ3) is 4.99. The fourth-order valence-corrected chi connectivity index (χ4v) is 1.17. The van der Waals surface area contributed by atoms with Crippen LogP contribution >= 0.6 is 0 Å². The Morgan fingerprint density at radius 3 is 2.40 bits per heavy atom. The molecule has 0 atom stereocenters. The first-order valence-corrected chi connectivity index (χ1v) is 5.63. The third-order valence-electron chi connectivity index (χ3n) is 1.45. The van der Waals surface area contributed by atoms with E-state index in [4.69, 9.17) is 4.55 Å². The van der Waals surface area contributed by atoms with Gasteiger partial charge in [0.05, 0.1) is 0 Å². The zero-order valence-electron chi connectivity index (χ0n) is 7.67. The number of carbonyl (C=O) groups is 1. The van der Waals surface area contributed by atoms with Crippen LogP contribution in [0.5, 0.6) is 0 Å². The van der Waals surface area contributed by atoms with Crippen LogP contribution < -0.4 is 10.6 Å². The minimum atomic E-state index is -4.18. The van der Waals surface area contributed by atoms with Gasteiger partial charge in [-0.3, -0.25) is 4.55 Å². The maximum Gasteiger partial charge on any atom is 0.320 e. The Bertz CT molecular complexity index is 429. The predicted octanol–water partition coefficient (Wildman–Crippen LogP) is 0.653. The van der Waals surface area contributed by atoms with E-state index in [-0.39, 0.29) is 0 Å². The molecule has 0 aliphatic carbocycles. The van der Waals surface area contributed by atoms with Gasteiger partial charge in [0.2, 0.25) is 0 Å². The monoisotopic (exact) mass is 230 g/mol. The lowest BCUT2D eigenvalue weighted by Crippen LogP contribution is -2.33. The van der Waals surface area contributed by atoms with Gasteiger partial charge in [-0.2, -0.15) is 8.42 Å². The fourth-order valence-electron chi connectivity index (χ4n) is 0.854. The zero-order valence-corrected chi connectivity index (χ0v) is 8.49. The lowest BCUT2D eigenvalue weighted by molar-refractivity contribution is 0.253. The molecule has 0 aromatic heterocycles. The molecule has 1 aromatic carbocycles. The highest BCUT2D eigenvalue weighted by Gasteiger charge is 2.07. The number of hydrogen-bond donors (Lipinski definition) is 3. The van der Waals surface area contributed by atoms with Gasteiger partial charge in [-0.1, -0.05) is 18.2 Å². The normalized spacial score (nSPS) is 10.7. The lowest BCUT2D eigenvalue weighted by Gasteiger charge is -2.05. The second-order valence-electron chi connectivity index (χ2n) is 2.72. The van der Waals surface area contributed by atoms with Gasteiger partial charge in [-0.05, 0) is 12.1 Å². The van der Waals surface area contributed by atoms with Crippen LogP contribution in [0.1, 0.15) is 0 Å². The summed E-state index contributed by atoms with van der Waals surface area (Å²) in [4.78, 5) is 11.1. The smallest absolute Gasteiger partial charge is 0.320 e. The van der Waals surface area contributed by atoms with E-state index in [0.717, 1.165) is 0 Å². The highest BCUT2D eigenvalue weighted by molar-refractivity contribution is 7.85. The van der Waals surface area contributed by atoms with E-state index in [1.165, 1.54) is 0 Å². The number of anilines is 1. The Morgan fingerprint density at radius 1 is 1.27 bits per heavy atom. The summed E-state index contributed by atoms with van der Waals surface area (Å²) >= 11 is 0. The van der Waals surface area contributed by atoms with E-state index in [9.17, 15) is 13.2 Å². The van der Waals surface area contributed by atoms with Gasteiger partial charge in [0, 0.05) is 5.69 Å². The number of para-hydroxylation sites is 1. The molecule has 0 saturated heterocycles. The van der Waals surface area contributed by atoms with Crippen molar-refractivity contribution >= 4 is 21.8 Å². The van der Waals surface area contributed by atoms with Crippen LogP contribution in [0.25, 0.3) is 0 Å². The number of carbonyl (C=O) groups excluding carboxylic acids is 1. The number of amides is 2. The Morgan fingerprint density at radius 2 is 1.87 bits per heavy atom. The Kier molecular flexibility index (Phi) is 3.64. The number of hydrogen-bond acceptors (Lipinski definition) is 3. The first kappa shape index (κ1) is 11.5. The van der Waals surface area contributed by atoms with Gasteiger partial charge in [0.15, 0.2) is 0 Å². The lowest BCUT2D eigenvalue weighted by atomic mass is 10.3. The van der Waals surface area contributed by atoms with E-state index in [1.807, 2.05) is 5.32 Å². The van der Waals surface area contributed by atoms with Gasteiger partial charge < -0.3 is 10.6 Å². The third-order valence-corrected chi connectivity index (χ3v) is 1.96. The highest BCUT2D eigenvalue weighted by Crippen LogP contribution is 2.03. The summed E-state index contributed by atoms with van der Waals surface area (Å²) in [7, 11) is -4.18. The van der Waals surface area contributed by atoms with Crippen molar-refractivity contribution in [2.75, 3.05) is 11.2 Å². The summed E-state index contributed by atoms with van der Waals surface area (Å²) in [6.07, 6.45) is 0. The molecule has 2 amide bonds. The second kappa shape index (κ2) is 4.76. The standard InChI is InChI=1S/C8H10N2O4S/c11-8(9-6-15(12,13)14)10-7-4-2-1-3-5-7/h1-5H,6H2,(H2,9,10,11)(H,12,13,14). The Labute approximate surface area is 87.1 Å². The number of benzene rings is 1. The molecule has 1 rings (SSSR count). The molecule has 0 radical (unpaired) electrons. The van der Waals surface area contributed by atoms with Gasteiger partial charge in [-0.25, -0.2) is 4.79 Å². The van der Waals surface area contributed by atoms with Crippen LogP contribution in [0.2, 0.25) is 0 Å². The summed E-state index contributed by atoms with van der Waals surface area (Å²) in [5.41, 5.74) is 0.533. The van der Waals surface area contributed by atoms with E-state index >= 15 is 0 Å². The van der Waals surface area contributed by atoms with E-state index in [2.05, 4.69) is 5.32 Å². The van der Waals surface area contributed by atoms with E-state index < -0.39 is 22.0 Å². The minimum absolute atomic E-state index is 0.533. The van der Waals surface area contributed by atoms with Crippen LogP contribution in [-0.2, 0) is 10.1 Å². The molecule has 0 fully saturated rings. The maximum absolute atomic E-state index is 11.1. The Hall–Kier alpha value is -1.60. The highest BCUT2D eigenvalue weighted by atomic mass is 32.2. The Balaban J connectivity index is 2.44. The quantitative estimate of drug-likeness (QED) is 0.664. The first-order valence-electron chi connectivity index (χ1n) is 4.02. The molecule has 0 unspecified atom stereocenters. The van der Waals surface area contributed by atoms with Gasteiger partial charge >= 0.3 is 6.03 Å². The van der Waals surface area contributed by atoms with E-state index in [1.54, 1.807) is 30.3 Å². The van der Waals surface area contributed by atoms with Crippen LogP contribution in [0, 0.1) is 0 Å². The van der Waals surface area contributed by atoms with Gasteiger partial charge in [-0.15, -0.1) is 0 Å². The van der Waals surface area contributed by atoms with Crippen molar-refractivity contribution in [1.29, 1.82) is 0 Å². The molecule has 0 bridgehead atoms. The maximum atomic E-state index is 11.1. The van der Waals surface area contributed by atoms with Crippen molar-refractivity contribution in [3.8, 4) is 0 Å². The van der Waals surface area contributed by atoms with Crippen molar-refractivity contribution < 1.29 is 17.8 Å². The largest absolute Gasteiger partial charge is 0.321 e. The molecule has 1 aromatic rings. The molecule has 0 saturated carbocycles. The number of urea groups is 1. The summed E-state index contributed by atoms with van der Waals surface area (Å²) < 4.78 is 29.0. The average molecular weight is 230 g/mol. The van der Waals surface area contributed by atoms with Crippen LogP contribution in [-0.4, -0.2) is 24.9 Å². The molecular formula is C8H10N2O4S. The van der Waals surface area contributed by atoms with Crippen molar-refractivity contribution in [3.05, 3.63) is 30.3 Å². The zero-order chi connectivity index (χ0) is 11.3. The molecule has 0 aliphatic rings. The van der Waals surface area contributed by atoms with Gasteiger partial charge in [0.25, 0.3) is 10.1 Å². The number of rotatable bonds is 3. The molecule has 0 spiro atoms. The molecular weight excluding hydrogens is 220 g/mol. The summed E-state index contributed by atoms with van der Waals surface area (Å²) in [5.74, 6) is -0.814. The molecule has 82 valence electrons. The van der Waals surface area contributed by atoms with Crippen LogP contribution in [0.4, 0.5) is 10.5 Å². The predicted molar refractivity (Wildman–Crippen MR) is 55.0 cm³/mol. The molecule has 0 aliphatic heterocycles. The number of nitrogens with one attached hydrogen (secondary N) is 2. The van der Waals surface area contributed by atoms with Crippen molar-refractivity contribution in [3.63, 3.8) is 0 Å². The minimum Gasteiger partial charge on any atom is -0.321 e. The van der Waals surface area contributed by atoms with Crippen molar-refractivity contribution in [2.24, 2.45) is 0 Å². The molecule has 3 N–H and O–H groups in total. The topological polar surface area (TPSA) is 95.5 Å². The fraction of sp³-hybridized carbons (Fsp3) is 0.125. The summed E-state index contributed by atoms with van der Waals surface area (Å²) in [6.45, 7) is 0. The molecule has 7 heteroatoms. The summed E-state index contributed by atoms with van der Waals surface area (Å²) in [5, 5.41) is 4.37. The molecule has 6 nitrogen and oxygen atoms in total. The van der Waals surface area contributed by atoms with Gasteiger partial charge in [0.1, 0.15) is 5.88 Å². The van der Waals surface area contributed by atoms with E-state index in [0.29, 0.717) is 5.69 Å².